The number of ether oxygens (including phenoxy) is 1. The molecule has 1 aromatic carbocycles. The summed E-state index contributed by atoms with van der Waals surface area (Å²) in [4.78, 5) is 35.5. The first-order valence-electron chi connectivity index (χ1n) is 7.90. The van der Waals surface area contributed by atoms with Gasteiger partial charge >= 0.3 is 5.97 Å². The number of benzene rings is 1. The maximum Gasteiger partial charge on any atom is 0.328 e. The second-order valence-corrected chi connectivity index (χ2v) is 5.78. The molecule has 4 N–H and O–H groups in total. The molecule has 0 heterocycles. The SMILES string of the molecule is CCOC(=O)C(C)NC(=O)c1ccc(NC(=O)[C@@H](N)C(C)C)cc1.Cl. The summed E-state index contributed by atoms with van der Waals surface area (Å²) in [6.45, 7) is 7.24. The number of carbonyl (C=O) groups excluding carboxylic acids is 3. The predicted octanol–water partition coefficient (Wildman–Crippen LogP) is 1.71. The quantitative estimate of drug-likeness (QED) is 0.632. The molecule has 0 aliphatic rings. The largest absolute Gasteiger partial charge is 0.464 e. The lowest BCUT2D eigenvalue weighted by Crippen LogP contribution is -2.40. The number of rotatable bonds is 7. The average molecular weight is 372 g/mol. The van der Waals surface area contributed by atoms with Crippen molar-refractivity contribution in [3.05, 3.63) is 29.8 Å². The van der Waals surface area contributed by atoms with Gasteiger partial charge in [-0.1, -0.05) is 13.8 Å². The molecule has 0 aliphatic carbocycles. The first kappa shape index (κ1) is 22.9. The van der Waals surface area contributed by atoms with Gasteiger partial charge in [-0.05, 0) is 44.0 Å². The first-order chi connectivity index (χ1) is 11.3. The Bertz CT molecular complexity index is 590. The van der Waals surface area contributed by atoms with Crippen molar-refractivity contribution in [1.82, 2.24) is 5.32 Å². The van der Waals surface area contributed by atoms with E-state index in [9.17, 15) is 14.4 Å². The van der Waals surface area contributed by atoms with Crippen LogP contribution < -0.4 is 16.4 Å². The second kappa shape index (κ2) is 10.7. The van der Waals surface area contributed by atoms with Crippen molar-refractivity contribution in [3.63, 3.8) is 0 Å². The van der Waals surface area contributed by atoms with Gasteiger partial charge in [-0.3, -0.25) is 9.59 Å². The lowest BCUT2D eigenvalue weighted by atomic mass is 10.0. The van der Waals surface area contributed by atoms with Gasteiger partial charge in [-0.25, -0.2) is 4.79 Å². The molecular formula is C17H26ClN3O4. The van der Waals surface area contributed by atoms with Gasteiger partial charge in [0.1, 0.15) is 6.04 Å². The first-order valence-corrected chi connectivity index (χ1v) is 7.90. The number of esters is 1. The molecule has 2 amide bonds. The highest BCUT2D eigenvalue weighted by Gasteiger charge is 2.19. The lowest BCUT2D eigenvalue weighted by Gasteiger charge is -2.15. The summed E-state index contributed by atoms with van der Waals surface area (Å²) >= 11 is 0. The van der Waals surface area contributed by atoms with Gasteiger partial charge in [0, 0.05) is 11.3 Å². The van der Waals surface area contributed by atoms with Crippen LogP contribution in [0.25, 0.3) is 0 Å². The van der Waals surface area contributed by atoms with Crippen molar-refractivity contribution < 1.29 is 19.1 Å². The monoisotopic (exact) mass is 371 g/mol. The van der Waals surface area contributed by atoms with Crippen LogP contribution in [0.1, 0.15) is 38.1 Å². The molecule has 0 fully saturated rings. The van der Waals surface area contributed by atoms with Crippen molar-refractivity contribution in [2.45, 2.75) is 39.8 Å². The van der Waals surface area contributed by atoms with E-state index in [4.69, 9.17) is 10.5 Å². The molecule has 0 aliphatic heterocycles. The van der Waals surface area contributed by atoms with Gasteiger partial charge in [0.2, 0.25) is 5.91 Å². The van der Waals surface area contributed by atoms with Crippen LogP contribution in [0.15, 0.2) is 24.3 Å². The molecule has 0 saturated carbocycles. The smallest absolute Gasteiger partial charge is 0.328 e. The van der Waals surface area contributed by atoms with Gasteiger partial charge in [0.25, 0.3) is 5.91 Å². The number of hydrogen-bond acceptors (Lipinski definition) is 5. The van der Waals surface area contributed by atoms with E-state index in [2.05, 4.69) is 10.6 Å². The van der Waals surface area contributed by atoms with Gasteiger partial charge in [0.05, 0.1) is 12.6 Å². The minimum absolute atomic E-state index is 0. The summed E-state index contributed by atoms with van der Waals surface area (Å²) in [6, 6.07) is 5.00. The molecule has 8 heteroatoms. The summed E-state index contributed by atoms with van der Waals surface area (Å²) in [5, 5.41) is 5.25. The summed E-state index contributed by atoms with van der Waals surface area (Å²) in [5.41, 5.74) is 6.69. The summed E-state index contributed by atoms with van der Waals surface area (Å²) < 4.78 is 4.83. The van der Waals surface area contributed by atoms with E-state index in [-0.39, 0.29) is 30.8 Å². The van der Waals surface area contributed by atoms with E-state index < -0.39 is 24.0 Å². The van der Waals surface area contributed by atoms with Gasteiger partial charge in [0.15, 0.2) is 0 Å². The minimum atomic E-state index is -0.735. The van der Waals surface area contributed by atoms with Crippen LogP contribution in [0.3, 0.4) is 0 Å². The topological polar surface area (TPSA) is 111 Å². The molecule has 1 unspecified atom stereocenters. The molecule has 25 heavy (non-hydrogen) atoms. The molecule has 140 valence electrons. The Labute approximate surface area is 154 Å². The fraction of sp³-hybridized carbons (Fsp3) is 0.471. The number of hydrogen-bond donors (Lipinski definition) is 3. The Morgan fingerprint density at radius 2 is 1.68 bits per heavy atom. The maximum atomic E-state index is 12.1. The van der Waals surface area contributed by atoms with Gasteiger partial charge in [-0.15, -0.1) is 12.4 Å². The number of anilines is 1. The highest BCUT2D eigenvalue weighted by atomic mass is 35.5. The van der Waals surface area contributed by atoms with Gasteiger partial charge in [-0.2, -0.15) is 0 Å². The van der Waals surface area contributed by atoms with E-state index in [1.54, 1.807) is 38.1 Å². The zero-order valence-electron chi connectivity index (χ0n) is 14.9. The van der Waals surface area contributed by atoms with Crippen LogP contribution in [0, 0.1) is 5.92 Å². The van der Waals surface area contributed by atoms with Crippen LogP contribution in [0.5, 0.6) is 0 Å². The Balaban J connectivity index is 0.00000576. The number of nitrogens with two attached hydrogens (primary N) is 1. The molecule has 0 bridgehead atoms. The highest BCUT2D eigenvalue weighted by Crippen LogP contribution is 2.11. The van der Waals surface area contributed by atoms with Crippen molar-refractivity contribution in [1.29, 1.82) is 0 Å². The molecule has 2 atom stereocenters. The lowest BCUT2D eigenvalue weighted by molar-refractivity contribution is -0.144. The third-order valence-corrected chi connectivity index (χ3v) is 3.42. The molecule has 0 aromatic heterocycles. The fourth-order valence-electron chi connectivity index (χ4n) is 1.84. The second-order valence-electron chi connectivity index (χ2n) is 5.78. The summed E-state index contributed by atoms with van der Waals surface area (Å²) in [5.74, 6) is -1.14. The summed E-state index contributed by atoms with van der Waals surface area (Å²) in [6.07, 6.45) is 0. The van der Waals surface area contributed by atoms with Gasteiger partial charge < -0.3 is 21.1 Å². The van der Waals surface area contributed by atoms with Crippen molar-refractivity contribution >= 4 is 35.9 Å². The normalized spacial score (nSPS) is 12.6. The van der Waals surface area contributed by atoms with E-state index in [1.807, 2.05) is 13.8 Å². The van der Waals surface area contributed by atoms with E-state index in [0.29, 0.717) is 11.3 Å². The van der Waals surface area contributed by atoms with Crippen LogP contribution in [0.4, 0.5) is 5.69 Å². The minimum Gasteiger partial charge on any atom is -0.464 e. The molecule has 1 aromatic rings. The molecule has 0 radical (unpaired) electrons. The number of nitrogens with one attached hydrogen (secondary N) is 2. The third kappa shape index (κ3) is 7.11. The Morgan fingerprint density at radius 1 is 1.12 bits per heavy atom. The van der Waals surface area contributed by atoms with Crippen molar-refractivity contribution in [2.75, 3.05) is 11.9 Å². The van der Waals surface area contributed by atoms with Crippen molar-refractivity contribution in [3.8, 4) is 0 Å². The maximum absolute atomic E-state index is 12.1. The highest BCUT2D eigenvalue weighted by molar-refractivity contribution is 5.98. The number of carbonyl (C=O) groups is 3. The molecular weight excluding hydrogens is 346 g/mol. The van der Waals surface area contributed by atoms with Crippen LogP contribution in [-0.4, -0.2) is 36.5 Å². The predicted molar refractivity (Wildman–Crippen MR) is 98.7 cm³/mol. The number of amides is 2. The number of halogens is 1. The summed E-state index contributed by atoms with van der Waals surface area (Å²) in [7, 11) is 0. The van der Waals surface area contributed by atoms with E-state index in [1.165, 1.54) is 0 Å². The standard InChI is InChI=1S/C17H25N3O4.ClH/c1-5-24-17(23)11(4)19-15(21)12-6-8-13(9-7-12)20-16(22)14(18)10(2)3;/h6-11,14H,5,18H2,1-4H3,(H,19,21)(H,20,22);1H/t11?,14-;/m0./s1. The Kier molecular flexibility index (Phi) is 9.78. The van der Waals surface area contributed by atoms with Crippen LogP contribution >= 0.6 is 12.4 Å². The zero-order chi connectivity index (χ0) is 18.3. The van der Waals surface area contributed by atoms with E-state index in [0.717, 1.165) is 0 Å². The van der Waals surface area contributed by atoms with Crippen molar-refractivity contribution in [2.24, 2.45) is 11.7 Å². The third-order valence-electron chi connectivity index (χ3n) is 3.42. The van der Waals surface area contributed by atoms with Crippen LogP contribution in [-0.2, 0) is 14.3 Å². The molecule has 0 saturated heterocycles. The molecule has 7 nitrogen and oxygen atoms in total. The Hall–Kier alpha value is -2.12. The molecule has 1 rings (SSSR count). The Morgan fingerprint density at radius 3 is 2.16 bits per heavy atom. The fourth-order valence-corrected chi connectivity index (χ4v) is 1.84. The average Bonchev–Trinajstić information content (AvgIpc) is 2.54. The zero-order valence-corrected chi connectivity index (χ0v) is 15.7. The molecule has 0 spiro atoms. The van der Waals surface area contributed by atoms with E-state index >= 15 is 0 Å². The van der Waals surface area contributed by atoms with Crippen LogP contribution in [0.2, 0.25) is 0 Å².